The molecule has 0 radical (unpaired) electrons. The summed E-state index contributed by atoms with van der Waals surface area (Å²) in [5.41, 5.74) is 3.62. The molecule has 0 saturated carbocycles. The van der Waals surface area contributed by atoms with Crippen molar-refractivity contribution in [2.75, 3.05) is 25.5 Å². The molecule has 4 rings (SSSR count). The lowest BCUT2D eigenvalue weighted by Crippen LogP contribution is -2.36. The molecular formula is C28H29N3O5. The van der Waals surface area contributed by atoms with Gasteiger partial charge >= 0.3 is 5.97 Å². The number of benzene rings is 2. The molecule has 8 heteroatoms. The number of hydrogen-bond donors (Lipinski definition) is 2. The smallest absolute Gasteiger partial charge is 0.309 e. The van der Waals surface area contributed by atoms with Crippen LogP contribution in [0.3, 0.4) is 0 Å². The third-order valence-corrected chi connectivity index (χ3v) is 6.55. The SMILES string of the molecule is CN(C)c1ccc(-c2ccc(CCC(O)C(CCN3C(=O)c4ccccc4C3=O)C(=O)O)cc2)cn1. The molecule has 36 heavy (non-hydrogen) atoms. The average molecular weight is 488 g/mol. The van der Waals surface area contributed by atoms with Gasteiger partial charge in [-0.3, -0.25) is 19.3 Å². The van der Waals surface area contributed by atoms with E-state index in [-0.39, 0.29) is 19.4 Å². The highest BCUT2D eigenvalue weighted by molar-refractivity contribution is 6.21. The van der Waals surface area contributed by atoms with Crippen LogP contribution in [0.2, 0.25) is 0 Å². The average Bonchev–Trinajstić information content (AvgIpc) is 3.12. The number of aliphatic hydroxyl groups is 1. The summed E-state index contributed by atoms with van der Waals surface area (Å²) in [5.74, 6) is -2.22. The van der Waals surface area contributed by atoms with E-state index in [0.29, 0.717) is 17.5 Å². The maximum atomic E-state index is 12.5. The Hall–Kier alpha value is -4.04. The number of imide groups is 1. The molecule has 2 unspecified atom stereocenters. The number of amides is 2. The number of hydrogen-bond acceptors (Lipinski definition) is 6. The van der Waals surface area contributed by atoms with Crippen LogP contribution in [0.4, 0.5) is 5.82 Å². The monoisotopic (exact) mass is 487 g/mol. The van der Waals surface area contributed by atoms with Crippen LogP contribution in [0.15, 0.2) is 66.9 Å². The fourth-order valence-electron chi connectivity index (χ4n) is 4.39. The number of rotatable bonds is 10. The van der Waals surface area contributed by atoms with E-state index in [1.165, 1.54) is 0 Å². The molecule has 2 N–H and O–H groups in total. The van der Waals surface area contributed by atoms with Crippen LogP contribution in [0.5, 0.6) is 0 Å². The minimum absolute atomic E-state index is 0.0170. The number of nitrogens with zero attached hydrogens (tertiary/aromatic N) is 3. The van der Waals surface area contributed by atoms with Crippen molar-refractivity contribution in [1.29, 1.82) is 0 Å². The van der Waals surface area contributed by atoms with Crippen molar-refractivity contribution in [1.82, 2.24) is 9.88 Å². The van der Waals surface area contributed by atoms with Gasteiger partial charge in [0.2, 0.25) is 0 Å². The number of fused-ring (bicyclic) bond motifs is 1. The van der Waals surface area contributed by atoms with Gasteiger partial charge in [0.15, 0.2) is 0 Å². The molecular weight excluding hydrogens is 458 g/mol. The van der Waals surface area contributed by atoms with Gasteiger partial charge in [0.1, 0.15) is 5.82 Å². The van der Waals surface area contributed by atoms with Crippen LogP contribution in [0.25, 0.3) is 11.1 Å². The number of carbonyl (C=O) groups is 3. The van der Waals surface area contributed by atoms with Gasteiger partial charge in [-0.25, -0.2) is 4.98 Å². The number of aliphatic hydroxyl groups excluding tert-OH is 1. The summed E-state index contributed by atoms with van der Waals surface area (Å²) in [7, 11) is 3.87. The van der Waals surface area contributed by atoms with Crippen molar-refractivity contribution in [2.45, 2.75) is 25.4 Å². The summed E-state index contributed by atoms with van der Waals surface area (Å²) in [6.45, 7) is -0.0598. The van der Waals surface area contributed by atoms with Gasteiger partial charge in [-0.05, 0) is 54.7 Å². The molecule has 2 amide bonds. The largest absolute Gasteiger partial charge is 0.481 e. The third kappa shape index (κ3) is 5.28. The second kappa shape index (κ2) is 10.7. The number of anilines is 1. The van der Waals surface area contributed by atoms with Crippen LogP contribution < -0.4 is 4.90 Å². The quantitative estimate of drug-likeness (QED) is 0.421. The highest BCUT2D eigenvalue weighted by atomic mass is 16.4. The third-order valence-electron chi connectivity index (χ3n) is 6.55. The topological polar surface area (TPSA) is 111 Å². The van der Waals surface area contributed by atoms with Gasteiger partial charge in [0, 0.05) is 32.4 Å². The van der Waals surface area contributed by atoms with Crippen molar-refractivity contribution >= 4 is 23.6 Å². The summed E-state index contributed by atoms with van der Waals surface area (Å²) in [5, 5.41) is 20.3. The Bertz CT molecular complexity index is 1220. The Kier molecular flexibility index (Phi) is 7.45. The number of carbonyl (C=O) groups excluding carboxylic acids is 2. The molecule has 0 spiro atoms. The van der Waals surface area contributed by atoms with Gasteiger partial charge in [0.25, 0.3) is 11.8 Å². The van der Waals surface area contributed by atoms with E-state index in [9.17, 15) is 24.6 Å². The summed E-state index contributed by atoms with van der Waals surface area (Å²) in [4.78, 5) is 44.3. The number of aryl methyl sites for hydroxylation is 1. The summed E-state index contributed by atoms with van der Waals surface area (Å²) in [6.07, 6.45) is 1.43. The van der Waals surface area contributed by atoms with E-state index in [1.54, 1.807) is 24.3 Å². The molecule has 1 aliphatic rings. The minimum Gasteiger partial charge on any atom is -0.481 e. The lowest BCUT2D eigenvalue weighted by Gasteiger charge is -2.22. The zero-order chi connectivity index (χ0) is 25.8. The molecule has 2 atom stereocenters. The van der Waals surface area contributed by atoms with Crippen LogP contribution >= 0.6 is 0 Å². The zero-order valence-electron chi connectivity index (χ0n) is 20.3. The van der Waals surface area contributed by atoms with Crippen molar-refractivity contribution in [3.63, 3.8) is 0 Å². The maximum Gasteiger partial charge on any atom is 0.309 e. The number of aromatic nitrogens is 1. The molecule has 186 valence electrons. The van der Waals surface area contributed by atoms with Crippen LogP contribution in [0.1, 0.15) is 39.1 Å². The van der Waals surface area contributed by atoms with Gasteiger partial charge in [-0.2, -0.15) is 0 Å². The first-order valence-corrected chi connectivity index (χ1v) is 11.8. The Labute approximate surface area is 209 Å². The molecule has 1 aromatic heterocycles. The van der Waals surface area contributed by atoms with Crippen LogP contribution in [0, 0.1) is 5.92 Å². The van der Waals surface area contributed by atoms with Gasteiger partial charge < -0.3 is 15.1 Å². The Morgan fingerprint density at radius 3 is 2.06 bits per heavy atom. The molecule has 3 aromatic rings. The number of pyridine rings is 1. The standard InChI is InChI=1S/C28H29N3O5/c1-30(2)25-14-12-20(17-29-25)19-10-7-18(8-11-19)9-13-24(32)23(28(35)36)15-16-31-26(33)21-5-3-4-6-22(21)27(31)34/h3-8,10-12,14,17,23-24,32H,9,13,15-16H2,1-2H3,(H,35,36). The highest BCUT2D eigenvalue weighted by Gasteiger charge is 2.36. The molecule has 0 bridgehead atoms. The number of carboxylic acids is 1. The fraction of sp³-hybridized carbons (Fsp3) is 0.286. The predicted molar refractivity (Wildman–Crippen MR) is 136 cm³/mol. The Morgan fingerprint density at radius 1 is 0.917 bits per heavy atom. The molecule has 0 aliphatic carbocycles. The second-order valence-corrected chi connectivity index (χ2v) is 9.14. The first-order valence-electron chi connectivity index (χ1n) is 11.8. The lowest BCUT2D eigenvalue weighted by molar-refractivity contribution is -0.146. The van der Waals surface area contributed by atoms with E-state index in [1.807, 2.05) is 61.6 Å². The summed E-state index contributed by atoms with van der Waals surface area (Å²) >= 11 is 0. The molecule has 0 fully saturated rings. The summed E-state index contributed by atoms with van der Waals surface area (Å²) in [6, 6.07) is 18.4. The number of aliphatic carboxylic acids is 1. The van der Waals surface area contributed by atoms with E-state index in [4.69, 9.17) is 0 Å². The van der Waals surface area contributed by atoms with Crippen molar-refractivity contribution in [3.05, 3.63) is 83.6 Å². The maximum absolute atomic E-state index is 12.5. The van der Waals surface area contributed by atoms with Crippen LogP contribution in [-0.4, -0.2) is 64.6 Å². The highest BCUT2D eigenvalue weighted by Crippen LogP contribution is 2.25. The second-order valence-electron chi connectivity index (χ2n) is 9.14. The Balaban J connectivity index is 1.33. The fourth-order valence-corrected chi connectivity index (χ4v) is 4.39. The van der Waals surface area contributed by atoms with E-state index < -0.39 is 29.8 Å². The molecule has 1 aliphatic heterocycles. The van der Waals surface area contributed by atoms with Gasteiger partial charge in [-0.15, -0.1) is 0 Å². The predicted octanol–water partition coefficient (Wildman–Crippen LogP) is 3.50. The van der Waals surface area contributed by atoms with E-state index in [0.717, 1.165) is 27.4 Å². The molecule has 2 heterocycles. The lowest BCUT2D eigenvalue weighted by atomic mass is 9.93. The molecule has 2 aromatic carbocycles. The molecule has 8 nitrogen and oxygen atoms in total. The molecule has 0 saturated heterocycles. The zero-order valence-corrected chi connectivity index (χ0v) is 20.3. The van der Waals surface area contributed by atoms with Crippen molar-refractivity contribution in [2.24, 2.45) is 5.92 Å². The first kappa shape index (κ1) is 25.1. The van der Waals surface area contributed by atoms with E-state index in [2.05, 4.69) is 4.98 Å². The summed E-state index contributed by atoms with van der Waals surface area (Å²) < 4.78 is 0. The van der Waals surface area contributed by atoms with Gasteiger partial charge in [0.05, 0.1) is 23.1 Å². The van der Waals surface area contributed by atoms with E-state index >= 15 is 0 Å². The van der Waals surface area contributed by atoms with Crippen molar-refractivity contribution < 1.29 is 24.6 Å². The van der Waals surface area contributed by atoms with Crippen molar-refractivity contribution in [3.8, 4) is 11.1 Å². The Morgan fingerprint density at radius 2 is 1.53 bits per heavy atom. The van der Waals surface area contributed by atoms with Crippen LogP contribution in [-0.2, 0) is 11.2 Å². The first-order chi connectivity index (χ1) is 17.3. The van der Waals surface area contributed by atoms with Gasteiger partial charge in [-0.1, -0.05) is 36.4 Å². The normalized spacial score (nSPS) is 14.5. The number of carboxylic acid groups (broad SMARTS) is 1. The minimum atomic E-state index is -1.15.